The van der Waals surface area contributed by atoms with Crippen LogP contribution in [0.15, 0.2) is 48.5 Å². The molecule has 6 heteroatoms. The Balaban J connectivity index is 2.18. The van der Waals surface area contributed by atoms with Gasteiger partial charge in [-0.3, -0.25) is 9.59 Å². The van der Waals surface area contributed by atoms with Crippen molar-refractivity contribution in [3.63, 3.8) is 0 Å². The van der Waals surface area contributed by atoms with Crippen LogP contribution in [0, 0.1) is 13.8 Å². The van der Waals surface area contributed by atoms with Gasteiger partial charge in [0.2, 0.25) is 11.8 Å². The molecule has 142 valence electrons. The minimum absolute atomic E-state index is 0.0574. The van der Waals surface area contributed by atoms with Gasteiger partial charge >= 0.3 is 5.97 Å². The Labute approximate surface area is 158 Å². The van der Waals surface area contributed by atoms with Crippen molar-refractivity contribution in [1.82, 2.24) is 10.6 Å². The second kappa shape index (κ2) is 8.98. The van der Waals surface area contributed by atoms with E-state index in [9.17, 15) is 19.5 Å². The molecule has 0 saturated heterocycles. The molecular formula is C21H24N2O4. The van der Waals surface area contributed by atoms with Crippen LogP contribution in [-0.2, 0) is 14.4 Å². The van der Waals surface area contributed by atoms with E-state index in [0.29, 0.717) is 5.56 Å². The highest BCUT2D eigenvalue weighted by Crippen LogP contribution is 2.20. The fourth-order valence-corrected chi connectivity index (χ4v) is 3.05. The lowest BCUT2D eigenvalue weighted by Gasteiger charge is -2.21. The molecule has 0 aliphatic heterocycles. The molecule has 6 nitrogen and oxygen atoms in total. The average molecular weight is 368 g/mol. The summed E-state index contributed by atoms with van der Waals surface area (Å²) in [5, 5.41) is 14.9. The first-order valence-electron chi connectivity index (χ1n) is 8.68. The monoisotopic (exact) mass is 368 g/mol. The average Bonchev–Trinajstić information content (AvgIpc) is 2.58. The predicted molar refractivity (Wildman–Crippen MR) is 102 cm³/mol. The van der Waals surface area contributed by atoms with Crippen molar-refractivity contribution in [3.8, 4) is 0 Å². The standard InChI is InChI=1S/C21H24N2O4/c1-13-9-14(2)11-17(10-13)20(21(26)27)23-19(25)12-18(22-15(3)24)16-7-5-4-6-8-16/h4-11,18,20H,12H2,1-3H3,(H,22,24)(H,23,25)(H,26,27). The highest BCUT2D eigenvalue weighted by Gasteiger charge is 2.25. The zero-order chi connectivity index (χ0) is 20.0. The van der Waals surface area contributed by atoms with Gasteiger partial charge in [-0.15, -0.1) is 0 Å². The van der Waals surface area contributed by atoms with Crippen molar-refractivity contribution in [2.45, 2.75) is 39.3 Å². The summed E-state index contributed by atoms with van der Waals surface area (Å²) in [4.78, 5) is 35.7. The zero-order valence-corrected chi connectivity index (χ0v) is 15.7. The van der Waals surface area contributed by atoms with E-state index in [1.165, 1.54) is 6.92 Å². The van der Waals surface area contributed by atoms with Gasteiger partial charge in [-0.1, -0.05) is 59.7 Å². The number of carbonyl (C=O) groups excluding carboxylic acids is 2. The highest BCUT2D eigenvalue weighted by molar-refractivity contribution is 5.85. The number of carboxylic acid groups (broad SMARTS) is 1. The largest absolute Gasteiger partial charge is 0.479 e. The van der Waals surface area contributed by atoms with Gasteiger partial charge in [0.25, 0.3) is 0 Å². The molecule has 0 aromatic heterocycles. The summed E-state index contributed by atoms with van der Waals surface area (Å²) in [5.41, 5.74) is 3.14. The maximum Gasteiger partial charge on any atom is 0.330 e. The van der Waals surface area contributed by atoms with Gasteiger partial charge in [-0.05, 0) is 25.0 Å². The molecular weight excluding hydrogens is 344 g/mol. The van der Waals surface area contributed by atoms with Gasteiger partial charge in [0.05, 0.1) is 12.5 Å². The molecule has 0 heterocycles. The third-order valence-corrected chi connectivity index (χ3v) is 4.10. The molecule has 2 aromatic carbocycles. The summed E-state index contributed by atoms with van der Waals surface area (Å²) >= 11 is 0. The summed E-state index contributed by atoms with van der Waals surface area (Å²) < 4.78 is 0. The summed E-state index contributed by atoms with van der Waals surface area (Å²) in [5.74, 6) is -1.85. The van der Waals surface area contributed by atoms with E-state index >= 15 is 0 Å². The molecule has 0 fully saturated rings. The third-order valence-electron chi connectivity index (χ3n) is 4.10. The molecule has 2 amide bonds. The number of hydrogen-bond acceptors (Lipinski definition) is 3. The maximum absolute atomic E-state index is 12.5. The number of carboxylic acids is 1. The van der Waals surface area contributed by atoms with Crippen molar-refractivity contribution in [2.24, 2.45) is 0 Å². The van der Waals surface area contributed by atoms with Gasteiger partial charge in [-0.25, -0.2) is 4.79 Å². The molecule has 0 aliphatic carbocycles. The number of hydrogen-bond donors (Lipinski definition) is 3. The number of aryl methyl sites for hydroxylation is 2. The third kappa shape index (κ3) is 5.95. The number of benzene rings is 2. The van der Waals surface area contributed by atoms with Crippen molar-refractivity contribution >= 4 is 17.8 Å². The Morgan fingerprint density at radius 3 is 2.04 bits per heavy atom. The number of nitrogens with one attached hydrogen (secondary N) is 2. The van der Waals surface area contributed by atoms with Crippen LogP contribution < -0.4 is 10.6 Å². The molecule has 27 heavy (non-hydrogen) atoms. The molecule has 0 saturated carbocycles. The summed E-state index contributed by atoms with van der Waals surface area (Å²) in [6.45, 7) is 5.13. The van der Waals surface area contributed by atoms with Crippen molar-refractivity contribution in [2.75, 3.05) is 0 Å². The van der Waals surface area contributed by atoms with Crippen LogP contribution in [0.4, 0.5) is 0 Å². The first-order chi connectivity index (χ1) is 12.8. The Hall–Kier alpha value is -3.15. The van der Waals surface area contributed by atoms with Crippen LogP contribution in [-0.4, -0.2) is 22.9 Å². The van der Waals surface area contributed by atoms with E-state index in [2.05, 4.69) is 10.6 Å². The predicted octanol–water partition coefficient (Wildman–Crippen LogP) is 2.81. The van der Waals surface area contributed by atoms with Crippen molar-refractivity contribution in [3.05, 3.63) is 70.8 Å². The van der Waals surface area contributed by atoms with E-state index < -0.39 is 24.0 Å². The quantitative estimate of drug-likeness (QED) is 0.700. The van der Waals surface area contributed by atoms with E-state index in [0.717, 1.165) is 16.7 Å². The second-order valence-electron chi connectivity index (χ2n) is 6.63. The molecule has 0 radical (unpaired) electrons. The smallest absolute Gasteiger partial charge is 0.330 e. The van der Waals surface area contributed by atoms with Crippen LogP contribution in [0.2, 0.25) is 0 Å². The molecule has 0 bridgehead atoms. The first-order valence-corrected chi connectivity index (χ1v) is 8.68. The van der Waals surface area contributed by atoms with E-state index in [-0.39, 0.29) is 12.3 Å². The zero-order valence-electron chi connectivity index (χ0n) is 15.7. The fourth-order valence-electron chi connectivity index (χ4n) is 3.05. The molecule has 2 rings (SSSR count). The van der Waals surface area contributed by atoms with Gasteiger partial charge < -0.3 is 15.7 Å². The van der Waals surface area contributed by atoms with Gasteiger partial charge in [0.1, 0.15) is 0 Å². The SMILES string of the molecule is CC(=O)NC(CC(=O)NC(C(=O)O)c1cc(C)cc(C)c1)c1ccccc1. The minimum atomic E-state index is -1.15. The molecule has 2 atom stereocenters. The number of rotatable bonds is 7. The molecule has 0 aliphatic rings. The number of carbonyl (C=O) groups is 3. The lowest BCUT2D eigenvalue weighted by Crippen LogP contribution is -2.37. The van der Waals surface area contributed by atoms with Crippen molar-refractivity contribution in [1.29, 1.82) is 0 Å². The summed E-state index contributed by atoms with van der Waals surface area (Å²) in [7, 11) is 0. The van der Waals surface area contributed by atoms with E-state index in [1.807, 2.05) is 50.2 Å². The second-order valence-corrected chi connectivity index (χ2v) is 6.63. The Morgan fingerprint density at radius 2 is 1.52 bits per heavy atom. The first kappa shape index (κ1) is 20.2. The van der Waals surface area contributed by atoms with Gasteiger partial charge in [0.15, 0.2) is 6.04 Å². The van der Waals surface area contributed by atoms with Crippen LogP contribution >= 0.6 is 0 Å². The Morgan fingerprint density at radius 1 is 0.926 bits per heavy atom. The normalized spacial score (nSPS) is 12.7. The minimum Gasteiger partial charge on any atom is -0.479 e. The maximum atomic E-state index is 12.5. The lowest BCUT2D eigenvalue weighted by atomic mass is 10.00. The van der Waals surface area contributed by atoms with E-state index in [1.54, 1.807) is 12.1 Å². The fraction of sp³-hybridized carbons (Fsp3) is 0.286. The van der Waals surface area contributed by atoms with Crippen LogP contribution in [0.25, 0.3) is 0 Å². The summed E-state index contributed by atoms with van der Waals surface area (Å²) in [6.07, 6.45) is -0.0574. The lowest BCUT2D eigenvalue weighted by molar-refractivity contribution is -0.142. The highest BCUT2D eigenvalue weighted by atomic mass is 16.4. The Kier molecular flexibility index (Phi) is 6.71. The topological polar surface area (TPSA) is 95.5 Å². The van der Waals surface area contributed by atoms with Crippen molar-refractivity contribution < 1.29 is 19.5 Å². The van der Waals surface area contributed by atoms with Crippen LogP contribution in [0.5, 0.6) is 0 Å². The number of aliphatic carboxylic acids is 1. The molecule has 2 unspecified atom stereocenters. The van der Waals surface area contributed by atoms with Crippen LogP contribution in [0.3, 0.4) is 0 Å². The summed E-state index contributed by atoms with van der Waals surface area (Å²) in [6, 6.07) is 12.8. The van der Waals surface area contributed by atoms with Gasteiger partial charge in [-0.2, -0.15) is 0 Å². The molecule has 0 spiro atoms. The van der Waals surface area contributed by atoms with E-state index in [4.69, 9.17) is 0 Å². The van der Waals surface area contributed by atoms with Crippen LogP contribution in [0.1, 0.15) is 47.7 Å². The Bertz CT molecular complexity index is 813. The molecule has 2 aromatic rings. The molecule has 3 N–H and O–H groups in total. The van der Waals surface area contributed by atoms with Gasteiger partial charge in [0, 0.05) is 6.92 Å². The number of amides is 2.